The second-order valence-corrected chi connectivity index (χ2v) is 7.56. The molecule has 12 heteroatoms. The van der Waals surface area contributed by atoms with Crippen molar-refractivity contribution in [2.75, 3.05) is 12.5 Å². The fourth-order valence-electron chi connectivity index (χ4n) is 3.10. The first kappa shape index (κ1) is 19.2. The monoisotopic (exact) mass is 431 g/mol. The lowest BCUT2D eigenvalue weighted by molar-refractivity contribution is -0.384. The van der Waals surface area contributed by atoms with Crippen molar-refractivity contribution in [1.82, 2.24) is 19.9 Å². The van der Waals surface area contributed by atoms with Crippen molar-refractivity contribution >= 4 is 29.2 Å². The number of aromatic amines is 2. The molecule has 29 heavy (non-hydrogen) atoms. The molecule has 0 saturated carbocycles. The van der Waals surface area contributed by atoms with Crippen molar-refractivity contribution in [3.05, 3.63) is 71.8 Å². The predicted molar refractivity (Wildman–Crippen MR) is 107 cm³/mol. The number of nitro benzene ring substituents is 1. The summed E-state index contributed by atoms with van der Waals surface area (Å²) in [6, 6.07) is 5.65. The van der Waals surface area contributed by atoms with Gasteiger partial charge in [0.15, 0.2) is 10.3 Å². The van der Waals surface area contributed by atoms with Gasteiger partial charge < -0.3 is 14.7 Å². The van der Waals surface area contributed by atoms with Gasteiger partial charge in [0.1, 0.15) is 0 Å². The minimum absolute atomic E-state index is 0.0547. The first-order valence-corrected chi connectivity index (χ1v) is 10.7. The first-order chi connectivity index (χ1) is 13.9. The number of nitrogens with zero attached hydrogens (tertiary/aromatic N) is 3. The van der Waals surface area contributed by atoms with Gasteiger partial charge in [-0.1, -0.05) is 35.7 Å². The molecule has 3 aromatic rings. The first-order valence-electron chi connectivity index (χ1n) is 8.21. The van der Waals surface area contributed by atoms with Gasteiger partial charge in [-0.3, -0.25) is 19.7 Å². The molecule has 0 aliphatic carbocycles. The van der Waals surface area contributed by atoms with Crippen molar-refractivity contribution < 1.29 is 9.66 Å². The molecule has 0 radical (unpaired) electrons. The molecular formula is C17H13N5O5S2. The van der Waals surface area contributed by atoms with Crippen LogP contribution in [0.1, 0.15) is 22.6 Å². The van der Waals surface area contributed by atoms with Gasteiger partial charge in [-0.05, 0) is 18.1 Å². The van der Waals surface area contributed by atoms with E-state index in [1.165, 1.54) is 47.8 Å². The van der Waals surface area contributed by atoms with Crippen LogP contribution in [-0.2, 0) is 0 Å². The Labute approximate surface area is 171 Å². The topological polar surface area (TPSA) is 144 Å². The molecule has 0 unspecified atom stereocenters. The third-order valence-electron chi connectivity index (χ3n) is 4.39. The zero-order valence-electron chi connectivity index (χ0n) is 15.1. The number of fused-ring (bicyclic) bond motifs is 2. The summed E-state index contributed by atoms with van der Waals surface area (Å²) in [7, 11) is 0. The standard InChI is InChI=1S/C17H13N5O5S2/c1-28-16-18-12(23)10-9(7-3-5-8(6-4-7)22(25)26)11-13(24)19-17(29-2)21-15(11)27-14(10)20-16/h3-6,9H,1-2H3,(H,18,20,23)(H,19,21,24). The smallest absolute Gasteiger partial charge is 0.269 e. The number of H-pyrrole nitrogens is 2. The molecule has 1 aliphatic heterocycles. The largest absolute Gasteiger partial charge is 0.419 e. The van der Waals surface area contributed by atoms with Gasteiger partial charge in [0.05, 0.1) is 22.0 Å². The number of ether oxygens (including phenoxy) is 1. The Morgan fingerprint density at radius 2 is 1.45 bits per heavy atom. The molecule has 4 rings (SSSR count). The number of nitrogens with one attached hydrogen (secondary N) is 2. The molecule has 0 amide bonds. The lowest BCUT2D eigenvalue weighted by Gasteiger charge is -2.25. The van der Waals surface area contributed by atoms with Crippen LogP contribution in [-0.4, -0.2) is 37.4 Å². The molecule has 2 aromatic heterocycles. The number of thioether (sulfide) groups is 2. The zero-order chi connectivity index (χ0) is 20.7. The van der Waals surface area contributed by atoms with Crippen LogP contribution in [0.4, 0.5) is 5.69 Å². The van der Waals surface area contributed by atoms with E-state index in [9.17, 15) is 19.7 Å². The van der Waals surface area contributed by atoms with Gasteiger partial charge in [-0.15, -0.1) is 0 Å². The van der Waals surface area contributed by atoms with E-state index in [0.717, 1.165) is 0 Å². The number of benzene rings is 1. The second-order valence-electron chi connectivity index (χ2n) is 5.97. The zero-order valence-corrected chi connectivity index (χ0v) is 16.7. The summed E-state index contributed by atoms with van der Waals surface area (Å²) in [4.78, 5) is 50.0. The Balaban J connectivity index is 2.00. The van der Waals surface area contributed by atoms with E-state index < -0.39 is 22.0 Å². The molecule has 0 atom stereocenters. The molecule has 3 heterocycles. The number of aromatic nitrogens is 4. The Bertz CT molecular complexity index is 1170. The summed E-state index contributed by atoms with van der Waals surface area (Å²) in [6.07, 6.45) is 3.51. The molecular weight excluding hydrogens is 418 g/mol. The predicted octanol–water partition coefficient (Wildman–Crippen LogP) is 2.49. The lowest BCUT2D eigenvalue weighted by Crippen LogP contribution is -2.30. The van der Waals surface area contributed by atoms with Gasteiger partial charge in [0, 0.05) is 12.1 Å². The lowest BCUT2D eigenvalue weighted by atomic mass is 9.85. The summed E-state index contributed by atoms with van der Waals surface area (Å²) >= 11 is 2.47. The van der Waals surface area contributed by atoms with Crippen LogP contribution in [0.15, 0.2) is 44.2 Å². The number of nitro groups is 1. The van der Waals surface area contributed by atoms with E-state index in [2.05, 4.69) is 19.9 Å². The van der Waals surface area contributed by atoms with Gasteiger partial charge in [0.25, 0.3) is 16.8 Å². The highest BCUT2D eigenvalue weighted by molar-refractivity contribution is 7.98. The average molecular weight is 431 g/mol. The number of hydrogen-bond acceptors (Lipinski definition) is 9. The minimum atomic E-state index is -0.839. The normalized spacial score (nSPS) is 12.8. The quantitative estimate of drug-likeness (QED) is 0.215. The van der Waals surface area contributed by atoms with E-state index in [-0.39, 0.29) is 28.6 Å². The fourth-order valence-corrected chi connectivity index (χ4v) is 3.84. The van der Waals surface area contributed by atoms with Gasteiger partial charge >= 0.3 is 0 Å². The van der Waals surface area contributed by atoms with Gasteiger partial charge in [-0.25, -0.2) is 0 Å². The summed E-state index contributed by atoms with van der Waals surface area (Å²) in [6.45, 7) is 0. The summed E-state index contributed by atoms with van der Waals surface area (Å²) in [5.41, 5.74) is -0.212. The van der Waals surface area contributed by atoms with Crippen molar-refractivity contribution in [3.63, 3.8) is 0 Å². The van der Waals surface area contributed by atoms with Crippen LogP contribution in [0, 0.1) is 10.1 Å². The maximum atomic E-state index is 12.8. The summed E-state index contributed by atoms with van der Waals surface area (Å²) in [5.74, 6) is -0.730. The highest BCUT2D eigenvalue weighted by atomic mass is 32.2. The Morgan fingerprint density at radius 1 is 0.966 bits per heavy atom. The van der Waals surface area contributed by atoms with Crippen LogP contribution in [0.3, 0.4) is 0 Å². The van der Waals surface area contributed by atoms with Crippen molar-refractivity contribution in [2.45, 2.75) is 16.2 Å². The summed E-state index contributed by atoms with van der Waals surface area (Å²) in [5, 5.41) is 11.7. The number of rotatable bonds is 4. The molecule has 2 N–H and O–H groups in total. The van der Waals surface area contributed by atoms with E-state index in [0.29, 0.717) is 15.9 Å². The molecule has 0 spiro atoms. The SMILES string of the molecule is CSc1nc2c(c(=O)[nH]1)C(c1ccc([N+](=O)[O-])cc1)c1c(nc(SC)[nH]c1=O)O2. The van der Waals surface area contributed by atoms with Crippen LogP contribution < -0.4 is 15.9 Å². The van der Waals surface area contributed by atoms with Crippen molar-refractivity contribution in [2.24, 2.45) is 0 Å². The van der Waals surface area contributed by atoms with Gasteiger partial charge in [-0.2, -0.15) is 9.97 Å². The molecule has 0 fully saturated rings. The van der Waals surface area contributed by atoms with E-state index in [1.807, 2.05) is 0 Å². The van der Waals surface area contributed by atoms with E-state index in [1.54, 1.807) is 12.5 Å². The Morgan fingerprint density at radius 3 is 1.86 bits per heavy atom. The van der Waals surface area contributed by atoms with Crippen LogP contribution in [0.25, 0.3) is 0 Å². The van der Waals surface area contributed by atoms with Crippen molar-refractivity contribution in [3.8, 4) is 11.8 Å². The second kappa shape index (κ2) is 7.37. The number of non-ortho nitro benzene ring substituents is 1. The Hall–Kier alpha value is -3.12. The van der Waals surface area contributed by atoms with Crippen LogP contribution >= 0.6 is 23.5 Å². The molecule has 10 nitrogen and oxygen atoms in total. The maximum Gasteiger partial charge on any atom is 0.269 e. The average Bonchev–Trinajstić information content (AvgIpc) is 2.71. The number of hydrogen-bond donors (Lipinski definition) is 2. The fraction of sp³-hybridized carbons (Fsp3) is 0.176. The molecule has 148 valence electrons. The minimum Gasteiger partial charge on any atom is -0.419 e. The molecule has 0 saturated heterocycles. The van der Waals surface area contributed by atoms with Crippen LogP contribution in [0.5, 0.6) is 11.8 Å². The van der Waals surface area contributed by atoms with E-state index >= 15 is 0 Å². The van der Waals surface area contributed by atoms with Gasteiger partial charge in [0.2, 0.25) is 11.8 Å². The Kier molecular flexibility index (Phi) is 4.88. The maximum absolute atomic E-state index is 12.8. The summed E-state index contributed by atoms with van der Waals surface area (Å²) < 4.78 is 5.74. The molecule has 1 aliphatic rings. The van der Waals surface area contributed by atoms with Crippen LogP contribution in [0.2, 0.25) is 0 Å². The third kappa shape index (κ3) is 3.29. The highest BCUT2D eigenvalue weighted by Gasteiger charge is 2.36. The van der Waals surface area contributed by atoms with Crippen molar-refractivity contribution in [1.29, 1.82) is 0 Å². The molecule has 0 bridgehead atoms. The molecule has 1 aromatic carbocycles. The van der Waals surface area contributed by atoms with E-state index in [4.69, 9.17) is 4.74 Å². The highest BCUT2D eigenvalue weighted by Crippen LogP contribution is 2.43. The third-order valence-corrected chi connectivity index (χ3v) is 5.55.